The highest BCUT2D eigenvalue weighted by Gasteiger charge is 2.61. The number of hydrogen-bond donors (Lipinski definition) is 1. The molecule has 0 bridgehead atoms. The quantitative estimate of drug-likeness (QED) is 0.735. The van der Waals surface area contributed by atoms with Gasteiger partial charge in [-0.2, -0.15) is 13.2 Å². The lowest BCUT2D eigenvalue weighted by Gasteiger charge is -2.02. The SMILES string of the molecule is CC1(C)C(/C=C(\F)C(F)(F)F)C1C(=O)O. The fourth-order valence-electron chi connectivity index (χ4n) is 1.71. The number of allylic oxidation sites excluding steroid dienone is 2. The van der Waals surface area contributed by atoms with Gasteiger partial charge in [0.05, 0.1) is 5.92 Å². The summed E-state index contributed by atoms with van der Waals surface area (Å²) < 4.78 is 48.0. The second-order valence-corrected chi connectivity index (χ2v) is 4.18. The molecular weight excluding hydrogens is 216 g/mol. The van der Waals surface area contributed by atoms with E-state index in [1.54, 1.807) is 0 Å². The van der Waals surface area contributed by atoms with E-state index in [-0.39, 0.29) is 0 Å². The highest BCUT2D eigenvalue weighted by atomic mass is 19.4. The number of carboxylic acids is 1. The maximum absolute atomic E-state index is 12.5. The van der Waals surface area contributed by atoms with E-state index < -0.39 is 35.2 Å². The highest BCUT2D eigenvalue weighted by Crippen LogP contribution is 2.59. The van der Waals surface area contributed by atoms with Crippen LogP contribution >= 0.6 is 0 Å². The van der Waals surface area contributed by atoms with Crippen molar-refractivity contribution in [1.82, 2.24) is 0 Å². The van der Waals surface area contributed by atoms with Gasteiger partial charge in [-0.25, -0.2) is 4.39 Å². The monoisotopic (exact) mass is 226 g/mol. The summed E-state index contributed by atoms with van der Waals surface area (Å²) in [4.78, 5) is 10.6. The van der Waals surface area contributed by atoms with Gasteiger partial charge in [-0.05, 0) is 17.4 Å². The van der Waals surface area contributed by atoms with E-state index >= 15 is 0 Å². The summed E-state index contributed by atoms with van der Waals surface area (Å²) in [5.41, 5.74) is -0.811. The average Bonchev–Trinajstić information content (AvgIpc) is 2.50. The van der Waals surface area contributed by atoms with Gasteiger partial charge in [0.2, 0.25) is 0 Å². The summed E-state index contributed by atoms with van der Waals surface area (Å²) in [6.45, 7) is 2.99. The molecule has 1 N–H and O–H groups in total. The molecule has 0 spiro atoms. The molecule has 2 atom stereocenters. The fourth-order valence-corrected chi connectivity index (χ4v) is 1.71. The zero-order valence-corrected chi connectivity index (χ0v) is 8.10. The van der Waals surface area contributed by atoms with Crippen LogP contribution in [0.1, 0.15) is 13.8 Å². The molecular formula is C9H10F4O2. The van der Waals surface area contributed by atoms with Crippen molar-refractivity contribution in [3.8, 4) is 0 Å². The van der Waals surface area contributed by atoms with Gasteiger partial charge >= 0.3 is 12.1 Å². The Labute approximate surface area is 83.6 Å². The zero-order valence-electron chi connectivity index (χ0n) is 8.10. The van der Waals surface area contributed by atoms with E-state index in [2.05, 4.69) is 0 Å². The van der Waals surface area contributed by atoms with Crippen LogP contribution in [-0.2, 0) is 4.79 Å². The van der Waals surface area contributed by atoms with Crippen LogP contribution in [0.15, 0.2) is 11.9 Å². The first kappa shape index (κ1) is 12.0. The van der Waals surface area contributed by atoms with Crippen LogP contribution < -0.4 is 0 Å². The van der Waals surface area contributed by atoms with Crippen LogP contribution in [0.25, 0.3) is 0 Å². The number of hydrogen-bond acceptors (Lipinski definition) is 1. The van der Waals surface area contributed by atoms with E-state index in [1.165, 1.54) is 13.8 Å². The summed E-state index contributed by atoms with van der Waals surface area (Å²) in [6.07, 6.45) is -4.67. The number of carbonyl (C=O) groups is 1. The standard InChI is InChI=1S/C9H10F4O2/c1-8(2)4(6(8)7(14)15)3-5(10)9(11,12)13/h3-4,6H,1-2H3,(H,14,15)/b5-3-. The van der Waals surface area contributed by atoms with E-state index in [0.717, 1.165) is 0 Å². The van der Waals surface area contributed by atoms with E-state index in [0.29, 0.717) is 6.08 Å². The molecule has 0 aromatic heterocycles. The predicted octanol–water partition coefficient (Wildman–Crippen LogP) is 2.76. The summed E-state index contributed by atoms with van der Waals surface area (Å²) >= 11 is 0. The molecule has 0 heterocycles. The molecule has 86 valence electrons. The van der Waals surface area contributed by atoms with E-state index in [4.69, 9.17) is 5.11 Å². The normalized spacial score (nSPS) is 30.1. The minimum atomic E-state index is -5.03. The van der Waals surface area contributed by atoms with Crippen molar-refractivity contribution in [3.05, 3.63) is 11.9 Å². The number of alkyl halides is 3. The van der Waals surface area contributed by atoms with Gasteiger partial charge in [0.15, 0.2) is 5.83 Å². The van der Waals surface area contributed by atoms with Crippen molar-refractivity contribution in [2.75, 3.05) is 0 Å². The van der Waals surface area contributed by atoms with Crippen molar-refractivity contribution in [2.24, 2.45) is 17.3 Å². The molecule has 0 aliphatic heterocycles. The molecule has 1 aliphatic rings. The second kappa shape index (κ2) is 3.21. The summed E-state index contributed by atoms with van der Waals surface area (Å²) in [5.74, 6) is -5.25. The minimum absolute atomic E-state index is 0.360. The molecule has 0 aromatic carbocycles. The Morgan fingerprint density at radius 3 is 2.13 bits per heavy atom. The van der Waals surface area contributed by atoms with Crippen LogP contribution in [0.5, 0.6) is 0 Å². The van der Waals surface area contributed by atoms with Gasteiger partial charge in [-0.1, -0.05) is 13.8 Å². The Morgan fingerprint density at radius 1 is 1.40 bits per heavy atom. The first-order valence-corrected chi connectivity index (χ1v) is 4.26. The van der Waals surface area contributed by atoms with E-state index in [9.17, 15) is 22.4 Å². The highest BCUT2D eigenvalue weighted by molar-refractivity contribution is 5.76. The van der Waals surface area contributed by atoms with Crippen molar-refractivity contribution >= 4 is 5.97 Å². The molecule has 2 unspecified atom stereocenters. The van der Waals surface area contributed by atoms with Gasteiger partial charge in [0.25, 0.3) is 0 Å². The second-order valence-electron chi connectivity index (χ2n) is 4.18. The van der Waals surface area contributed by atoms with Gasteiger partial charge in [-0.3, -0.25) is 4.79 Å². The maximum Gasteiger partial charge on any atom is 0.442 e. The van der Waals surface area contributed by atoms with Crippen molar-refractivity contribution in [1.29, 1.82) is 0 Å². The third-order valence-electron chi connectivity index (χ3n) is 2.77. The Kier molecular flexibility index (Phi) is 2.57. The number of aliphatic carboxylic acids is 1. The molecule has 0 amide bonds. The largest absolute Gasteiger partial charge is 0.481 e. The molecule has 1 aliphatic carbocycles. The number of carboxylic acid groups (broad SMARTS) is 1. The number of halogens is 4. The fraction of sp³-hybridized carbons (Fsp3) is 0.667. The zero-order chi connectivity index (χ0) is 12.0. The van der Waals surface area contributed by atoms with Crippen LogP contribution in [-0.4, -0.2) is 17.3 Å². The number of rotatable bonds is 2. The molecule has 0 aromatic rings. The summed E-state index contributed by atoms with van der Waals surface area (Å²) in [5, 5.41) is 8.64. The maximum atomic E-state index is 12.5. The first-order chi connectivity index (χ1) is 6.58. The van der Waals surface area contributed by atoms with Crippen molar-refractivity contribution in [3.63, 3.8) is 0 Å². The van der Waals surface area contributed by atoms with Crippen molar-refractivity contribution < 1.29 is 27.5 Å². The van der Waals surface area contributed by atoms with Crippen molar-refractivity contribution in [2.45, 2.75) is 20.0 Å². The summed E-state index contributed by atoms with van der Waals surface area (Å²) in [7, 11) is 0. The van der Waals surface area contributed by atoms with Crippen LogP contribution in [0, 0.1) is 17.3 Å². The Bertz CT molecular complexity index is 317. The molecule has 1 rings (SSSR count). The Morgan fingerprint density at radius 2 is 1.87 bits per heavy atom. The van der Waals surface area contributed by atoms with Gasteiger partial charge in [0.1, 0.15) is 0 Å². The minimum Gasteiger partial charge on any atom is -0.481 e. The van der Waals surface area contributed by atoms with Crippen LogP contribution in [0.4, 0.5) is 17.6 Å². The molecule has 1 saturated carbocycles. The van der Waals surface area contributed by atoms with Gasteiger partial charge < -0.3 is 5.11 Å². The van der Waals surface area contributed by atoms with Gasteiger partial charge in [0, 0.05) is 0 Å². The van der Waals surface area contributed by atoms with Crippen LogP contribution in [0.3, 0.4) is 0 Å². The smallest absolute Gasteiger partial charge is 0.442 e. The lowest BCUT2D eigenvalue weighted by atomic mass is 10.1. The molecule has 1 fully saturated rings. The Hall–Kier alpha value is -1.07. The molecule has 2 nitrogen and oxygen atoms in total. The van der Waals surface area contributed by atoms with Gasteiger partial charge in [-0.15, -0.1) is 0 Å². The molecule has 0 saturated heterocycles. The first-order valence-electron chi connectivity index (χ1n) is 4.26. The Balaban J connectivity index is 2.83. The average molecular weight is 226 g/mol. The lowest BCUT2D eigenvalue weighted by Crippen LogP contribution is -2.08. The van der Waals surface area contributed by atoms with Crippen LogP contribution in [0.2, 0.25) is 0 Å². The summed E-state index contributed by atoms with van der Waals surface area (Å²) in [6, 6.07) is 0. The topological polar surface area (TPSA) is 37.3 Å². The third kappa shape index (κ3) is 2.13. The predicted molar refractivity (Wildman–Crippen MR) is 43.6 cm³/mol. The molecule has 15 heavy (non-hydrogen) atoms. The third-order valence-corrected chi connectivity index (χ3v) is 2.77. The van der Waals surface area contributed by atoms with E-state index in [1.807, 2.05) is 0 Å². The molecule has 0 radical (unpaired) electrons. The molecule has 6 heteroatoms. The lowest BCUT2D eigenvalue weighted by molar-refractivity contribution is -0.139.